The van der Waals surface area contributed by atoms with Crippen LogP contribution in [-0.2, 0) is 0 Å². The van der Waals surface area contributed by atoms with Crippen molar-refractivity contribution >= 4 is 11.6 Å². The quantitative estimate of drug-likeness (QED) is 0.624. The van der Waals surface area contributed by atoms with E-state index in [9.17, 15) is 15.4 Å². The summed E-state index contributed by atoms with van der Waals surface area (Å²) in [5, 5.41) is 20.6. The molecule has 0 amide bonds. The molecule has 0 N–H and O–H groups in total. The Balaban J connectivity index is 1.99. The molecule has 1 fully saturated rings. The van der Waals surface area contributed by atoms with Crippen molar-refractivity contribution in [3.63, 3.8) is 0 Å². The Hall–Kier alpha value is -2.88. The first-order chi connectivity index (χ1) is 11.6. The molecule has 124 valence electrons. The summed E-state index contributed by atoms with van der Waals surface area (Å²) < 4.78 is 5.79. The number of hydrogen-bond acceptors (Lipinski definition) is 6. The summed E-state index contributed by atoms with van der Waals surface area (Å²) in [5.41, 5.74) is 0.355. The van der Waals surface area contributed by atoms with Crippen LogP contribution >= 0.6 is 0 Å². The summed E-state index contributed by atoms with van der Waals surface area (Å²) in [6.07, 6.45) is 5.63. The topological polar surface area (TPSA) is 96.2 Å². The average Bonchev–Trinajstić information content (AvgIpc) is 3.06. The summed E-state index contributed by atoms with van der Waals surface area (Å²) in [7, 11) is 1.89. The second-order valence-electron chi connectivity index (χ2n) is 5.96. The van der Waals surface area contributed by atoms with E-state index < -0.39 is 4.92 Å². The van der Waals surface area contributed by atoms with E-state index in [1.807, 2.05) is 18.0 Å². The standard InChI is InChI=1S/C17H18N4O3/c1-20(12-7-3-2-4-8-12)17-14(11-18)19-16(24-17)13-9-5-6-10-15(13)21(22)23/h5-6,9-10,12H,2-4,7-8H2,1H3. The highest BCUT2D eigenvalue weighted by atomic mass is 16.6. The van der Waals surface area contributed by atoms with Crippen LogP contribution in [0, 0.1) is 21.4 Å². The monoisotopic (exact) mass is 326 g/mol. The van der Waals surface area contributed by atoms with Gasteiger partial charge in [0.15, 0.2) is 0 Å². The van der Waals surface area contributed by atoms with E-state index in [0.29, 0.717) is 11.9 Å². The number of nitro benzene ring substituents is 1. The Labute approximate surface area is 139 Å². The van der Waals surface area contributed by atoms with Crippen LogP contribution < -0.4 is 4.90 Å². The van der Waals surface area contributed by atoms with E-state index in [1.165, 1.54) is 12.5 Å². The Morgan fingerprint density at radius 3 is 2.71 bits per heavy atom. The van der Waals surface area contributed by atoms with Gasteiger partial charge in [0.05, 0.1) is 4.92 Å². The van der Waals surface area contributed by atoms with Crippen LogP contribution in [0.5, 0.6) is 0 Å². The zero-order valence-corrected chi connectivity index (χ0v) is 13.4. The van der Waals surface area contributed by atoms with E-state index in [4.69, 9.17) is 4.42 Å². The minimum absolute atomic E-state index is 0.0879. The number of nitro groups is 1. The number of para-hydroxylation sites is 1. The average molecular weight is 326 g/mol. The Morgan fingerprint density at radius 2 is 2.04 bits per heavy atom. The largest absolute Gasteiger partial charge is 0.419 e. The van der Waals surface area contributed by atoms with E-state index >= 15 is 0 Å². The fourth-order valence-corrected chi connectivity index (χ4v) is 3.19. The van der Waals surface area contributed by atoms with Crippen LogP contribution in [0.2, 0.25) is 0 Å². The lowest BCUT2D eigenvalue weighted by atomic mass is 9.94. The van der Waals surface area contributed by atoms with E-state index in [-0.39, 0.29) is 22.8 Å². The normalized spacial score (nSPS) is 15.0. The van der Waals surface area contributed by atoms with Gasteiger partial charge in [-0.25, -0.2) is 0 Å². The third-order valence-corrected chi connectivity index (χ3v) is 4.49. The van der Waals surface area contributed by atoms with Crippen LogP contribution in [0.3, 0.4) is 0 Å². The summed E-state index contributed by atoms with van der Waals surface area (Å²) in [6.45, 7) is 0. The van der Waals surface area contributed by atoms with Gasteiger partial charge < -0.3 is 9.32 Å². The molecule has 0 saturated heterocycles. The number of anilines is 1. The Bertz CT molecular complexity index is 787. The van der Waals surface area contributed by atoms with Gasteiger partial charge in [0.1, 0.15) is 11.6 Å². The van der Waals surface area contributed by atoms with E-state index in [0.717, 1.165) is 25.7 Å². The van der Waals surface area contributed by atoms with Crippen molar-refractivity contribution in [3.8, 4) is 17.5 Å². The number of oxazole rings is 1. The molecular formula is C17H18N4O3. The van der Waals surface area contributed by atoms with Gasteiger partial charge in [-0.2, -0.15) is 10.2 Å². The van der Waals surface area contributed by atoms with E-state index in [1.54, 1.807) is 18.2 Å². The maximum absolute atomic E-state index is 11.2. The first kappa shape index (κ1) is 16.0. The molecule has 1 aliphatic rings. The highest BCUT2D eigenvalue weighted by molar-refractivity contribution is 5.69. The SMILES string of the molecule is CN(c1oc(-c2ccccc2[N+](=O)[O-])nc1C#N)C1CCCCC1. The zero-order chi connectivity index (χ0) is 17.1. The molecule has 1 heterocycles. The fourth-order valence-electron chi connectivity index (χ4n) is 3.19. The third kappa shape index (κ3) is 2.95. The van der Waals surface area contributed by atoms with Gasteiger partial charge in [-0.3, -0.25) is 10.1 Å². The van der Waals surface area contributed by atoms with E-state index in [2.05, 4.69) is 4.98 Å². The molecule has 1 aromatic heterocycles. The van der Waals surface area contributed by atoms with Crippen LogP contribution in [0.1, 0.15) is 37.8 Å². The Morgan fingerprint density at radius 1 is 1.33 bits per heavy atom. The van der Waals surface area contributed by atoms with Gasteiger partial charge in [-0.15, -0.1) is 0 Å². The second kappa shape index (κ2) is 6.71. The van der Waals surface area contributed by atoms with Gasteiger partial charge in [0, 0.05) is 19.2 Å². The number of aromatic nitrogens is 1. The predicted octanol–water partition coefficient (Wildman–Crippen LogP) is 3.89. The van der Waals surface area contributed by atoms with Crippen molar-refractivity contribution in [2.75, 3.05) is 11.9 Å². The van der Waals surface area contributed by atoms with Crippen molar-refractivity contribution < 1.29 is 9.34 Å². The number of hydrogen-bond donors (Lipinski definition) is 0. The lowest BCUT2D eigenvalue weighted by Crippen LogP contribution is -2.33. The molecule has 7 heteroatoms. The van der Waals surface area contributed by atoms with Gasteiger partial charge in [0.25, 0.3) is 5.69 Å². The number of rotatable bonds is 4. The molecule has 0 unspecified atom stereocenters. The minimum Gasteiger partial charge on any atom is -0.419 e. The lowest BCUT2D eigenvalue weighted by molar-refractivity contribution is -0.384. The minimum atomic E-state index is -0.476. The molecule has 2 aromatic rings. The second-order valence-corrected chi connectivity index (χ2v) is 5.96. The van der Waals surface area contributed by atoms with Crippen molar-refractivity contribution in [1.82, 2.24) is 4.98 Å². The van der Waals surface area contributed by atoms with Crippen molar-refractivity contribution in [1.29, 1.82) is 5.26 Å². The summed E-state index contributed by atoms with van der Waals surface area (Å²) in [5.74, 6) is 0.495. The van der Waals surface area contributed by atoms with Gasteiger partial charge >= 0.3 is 0 Å². The molecule has 0 bridgehead atoms. The number of nitriles is 1. The molecule has 0 spiro atoms. The fraction of sp³-hybridized carbons (Fsp3) is 0.412. The van der Waals surface area contributed by atoms with Crippen molar-refractivity contribution in [3.05, 3.63) is 40.1 Å². The highest BCUT2D eigenvalue weighted by Gasteiger charge is 2.27. The molecule has 24 heavy (non-hydrogen) atoms. The van der Waals surface area contributed by atoms with Crippen molar-refractivity contribution in [2.45, 2.75) is 38.1 Å². The lowest BCUT2D eigenvalue weighted by Gasteiger charge is -2.30. The smallest absolute Gasteiger partial charge is 0.282 e. The molecule has 0 atom stereocenters. The van der Waals surface area contributed by atoms with Gasteiger partial charge in [-0.05, 0) is 18.9 Å². The number of benzene rings is 1. The van der Waals surface area contributed by atoms with Crippen molar-refractivity contribution in [2.24, 2.45) is 0 Å². The van der Waals surface area contributed by atoms with Crippen LogP contribution in [0.4, 0.5) is 11.6 Å². The molecule has 1 saturated carbocycles. The van der Waals surface area contributed by atoms with Crippen LogP contribution in [0.25, 0.3) is 11.5 Å². The molecule has 1 aliphatic carbocycles. The first-order valence-electron chi connectivity index (χ1n) is 7.99. The molecule has 0 radical (unpaired) electrons. The molecule has 0 aliphatic heterocycles. The first-order valence-corrected chi connectivity index (χ1v) is 7.99. The van der Waals surface area contributed by atoms with Gasteiger partial charge in [-0.1, -0.05) is 31.4 Å². The zero-order valence-electron chi connectivity index (χ0n) is 13.4. The maximum Gasteiger partial charge on any atom is 0.282 e. The third-order valence-electron chi connectivity index (χ3n) is 4.49. The van der Waals surface area contributed by atoms with Crippen LogP contribution in [0.15, 0.2) is 28.7 Å². The molecule has 3 rings (SSSR count). The maximum atomic E-state index is 11.2. The highest BCUT2D eigenvalue weighted by Crippen LogP contribution is 2.35. The molecule has 1 aromatic carbocycles. The van der Waals surface area contributed by atoms with Crippen LogP contribution in [-0.4, -0.2) is 23.0 Å². The summed E-state index contributed by atoms with van der Waals surface area (Å²) >= 11 is 0. The van der Waals surface area contributed by atoms with Gasteiger partial charge in [0.2, 0.25) is 17.5 Å². The number of nitrogens with zero attached hydrogens (tertiary/aromatic N) is 4. The predicted molar refractivity (Wildman–Crippen MR) is 88.6 cm³/mol. The summed E-state index contributed by atoms with van der Waals surface area (Å²) in [6, 6.07) is 8.59. The molecular weight excluding hydrogens is 308 g/mol. The molecule has 7 nitrogen and oxygen atoms in total. The Kier molecular flexibility index (Phi) is 4.47. The summed E-state index contributed by atoms with van der Waals surface area (Å²) in [4.78, 5) is 16.9.